The molecular formula is C13H23N3O. The standard InChI is InChI=1S/C13H23N3O/c1-10(2)11-4-6-13(17,7-5-11)8-12-14-9-15-16(12)3/h9-11,17H,4-8H2,1-3H3. The molecule has 0 bridgehead atoms. The number of nitrogens with zero attached hydrogens (tertiary/aromatic N) is 3. The molecule has 1 fully saturated rings. The molecule has 1 aliphatic rings. The van der Waals surface area contributed by atoms with Gasteiger partial charge in [-0.25, -0.2) is 4.98 Å². The maximum Gasteiger partial charge on any atom is 0.138 e. The van der Waals surface area contributed by atoms with Gasteiger partial charge < -0.3 is 5.11 Å². The van der Waals surface area contributed by atoms with Crippen LogP contribution < -0.4 is 0 Å². The van der Waals surface area contributed by atoms with Crippen LogP contribution in [0.5, 0.6) is 0 Å². The molecule has 0 unspecified atom stereocenters. The average molecular weight is 237 g/mol. The van der Waals surface area contributed by atoms with Crippen molar-refractivity contribution in [2.75, 3.05) is 0 Å². The Hall–Kier alpha value is -0.900. The van der Waals surface area contributed by atoms with Crippen molar-refractivity contribution in [2.45, 2.75) is 51.6 Å². The minimum absolute atomic E-state index is 0.563. The van der Waals surface area contributed by atoms with Gasteiger partial charge in [0.25, 0.3) is 0 Å². The Morgan fingerprint density at radius 1 is 1.47 bits per heavy atom. The molecule has 1 aliphatic carbocycles. The maximum atomic E-state index is 10.6. The summed E-state index contributed by atoms with van der Waals surface area (Å²) in [5, 5.41) is 14.6. The number of hydrogen-bond acceptors (Lipinski definition) is 3. The van der Waals surface area contributed by atoms with E-state index in [2.05, 4.69) is 23.9 Å². The number of rotatable bonds is 3. The molecule has 0 aliphatic heterocycles. The monoisotopic (exact) mass is 237 g/mol. The lowest BCUT2D eigenvalue weighted by atomic mass is 9.73. The summed E-state index contributed by atoms with van der Waals surface area (Å²) in [4.78, 5) is 4.20. The Morgan fingerprint density at radius 3 is 2.59 bits per heavy atom. The first-order valence-corrected chi connectivity index (χ1v) is 6.55. The third-order valence-corrected chi connectivity index (χ3v) is 4.20. The van der Waals surface area contributed by atoms with Crippen molar-refractivity contribution in [1.82, 2.24) is 14.8 Å². The second-order valence-electron chi connectivity index (χ2n) is 5.78. The molecule has 1 heterocycles. The zero-order valence-electron chi connectivity index (χ0n) is 11.1. The van der Waals surface area contributed by atoms with Gasteiger partial charge in [0.05, 0.1) is 5.60 Å². The van der Waals surface area contributed by atoms with Crippen molar-refractivity contribution >= 4 is 0 Å². The summed E-state index contributed by atoms with van der Waals surface area (Å²) >= 11 is 0. The van der Waals surface area contributed by atoms with E-state index in [1.54, 1.807) is 11.0 Å². The minimum Gasteiger partial charge on any atom is -0.389 e. The van der Waals surface area contributed by atoms with Gasteiger partial charge in [-0.3, -0.25) is 4.68 Å². The SMILES string of the molecule is CC(C)C1CCC(O)(Cc2ncnn2C)CC1. The summed E-state index contributed by atoms with van der Waals surface area (Å²) in [6, 6.07) is 0. The lowest BCUT2D eigenvalue weighted by Crippen LogP contribution is -2.38. The molecule has 2 rings (SSSR count). The quantitative estimate of drug-likeness (QED) is 0.874. The van der Waals surface area contributed by atoms with Gasteiger partial charge in [-0.2, -0.15) is 5.10 Å². The highest BCUT2D eigenvalue weighted by atomic mass is 16.3. The Balaban J connectivity index is 1.96. The Bertz CT molecular complexity index is 364. The maximum absolute atomic E-state index is 10.6. The van der Waals surface area contributed by atoms with Crippen molar-refractivity contribution in [1.29, 1.82) is 0 Å². The fourth-order valence-electron chi connectivity index (χ4n) is 2.80. The molecule has 1 aromatic heterocycles. The Morgan fingerprint density at radius 2 is 2.12 bits per heavy atom. The van der Waals surface area contributed by atoms with Crippen molar-refractivity contribution < 1.29 is 5.11 Å². The number of hydrogen-bond donors (Lipinski definition) is 1. The number of aromatic nitrogens is 3. The smallest absolute Gasteiger partial charge is 0.138 e. The van der Waals surface area contributed by atoms with Crippen LogP contribution in [0.1, 0.15) is 45.4 Å². The lowest BCUT2D eigenvalue weighted by Gasteiger charge is -2.37. The van der Waals surface area contributed by atoms with Gasteiger partial charge in [0.2, 0.25) is 0 Å². The molecule has 0 aromatic carbocycles. The summed E-state index contributed by atoms with van der Waals surface area (Å²) in [6.45, 7) is 4.55. The normalized spacial score (nSPS) is 29.8. The summed E-state index contributed by atoms with van der Waals surface area (Å²) in [5.74, 6) is 2.39. The molecule has 0 radical (unpaired) electrons. The first kappa shape index (κ1) is 12.6. The minimum atomic E-state index is -0.563. The van der Waals surface area contributed by atoms with E-state index in [0.717, 1.165) is 43.3 Å². The van der Waals surface area contributed by atoms with E-state index in [0.29, 0.717) is 6.42 Å². The van der Waals surface area contributed by atoms with Gasteiger partial charge in [-0.05, 0) is 37.5 Å². The Labute approximate surface area is 103 Å². The predicted octanol–water partition coefficient (Wildman–Crippen LogP) is 1.93. The summed E-state index contributed by atoms with van der Waals surface area (Å²) in [7, 11) is 1.88. The van der Waals surface area contributed by atoms with Crippen LogP contribution in [0.15, 0.2) is 6.33 Å². The Kier molecular flexibility index (Phi) is 3.52. The first-order valence-electron chi connectivity index (χ1n) is 6.55. The van der Waals surface area contributed by atoms with Crippen molar-refractivity contribution in [2.24, 2.45) is 18.9 Å². The topological polar surface area (TPSA) is 50.9 Å². The van der Waals surface area contributed by atoms with E-state index in [1.165, 1.54) is 0 Å². The van der Waals surface area contributed by atoms with Gasteiger partial charge in [0, 0.05) is 13.5 Å². The largest absolute Gasteiger partial charge is 0.389 e. The molecule has 1 aromatic rings. The van der Waals surface area contributed by atoms with E-state index < -0.39 is 5.60 Å². The van der Waals surface area contributed by atoms with Crippen molar-refractivity contribution in [3.05, 3.63) is 12.2 Å². The van der Waals surface area contributed by atoms with Crippen LogP contribution in [0.3, 0.4) is 0 Å². The molecule has 0 atom stereocenters. The van der Waals surface area contributed by atoms with Crippen molar-refractivity contribution in [3.63, 3.8) is 0 Å². The van der Waals surface area contributed by atoms with Crippen molar-refractivity contribution in [3.8, 4) is 0 Å². The highest BCUT2D eigenvalue weighted by Gasteiger charge is 2.35. The van der Waals surface area contributed by atoms with Crippen LogP contribution >= 0.6 is 0 Å². The lowest BCUT2D eigenvalue weighted by molar-refractivity contribution is -0.0167. The zero-order valence-corrected chi connectivity index (χ0v) is 11.1. The third-order valence-electron chi connectivity index (χ3n) is 4.20. The molecule has 0 saturated heterocycles. The summed E-state index contributed by atoms with van der Waals surface area (Å²) in [5.41, 5.74) is -0.563. The number of aliphatic hydroxyl groups is 1. The number of aryl methyl sites for hydroxylation is 1. The summed E-state index contributed by atoms with van der Waals surface area (Å²) < 4.78 is 1.76. The van der Waals surface area contributed by atoms with Crippen LogP contribution in [-0.2, 0) is 13.5 Å². The second-order valence-corrected chi connectivity index (χ2v) is 5.78. The van der Waals surface area contributed by atoms with Gasteiger partial charge in [0.1, 0.15) is 12.2 Å². The highest BCUT2D eigenvalue weighted by Crippen LogP contribution is 2.37. The van der Waals surface area contributed by atoms with E-state index in [-0.39, 0.29) is 0 Å². The van der Waals surface area contributed by atoms with E-state index in [1.807, 2.05) is 7.05 Å². The van der Waals surface area contributed by atoms with Gasteiger partial charge in [-0.15, -0.1) is 0 Å². The molecule has 0 amide bonds. The molecular weight excluding hydrogens is 214 g/mol. The fourth-order valence-corrected chi connectivity index (χ4v) is 2.80. The molecule has 4 heteroatoms. The predicted molar refractivity (Wildman–Crippen MR) is 66.5 cm³/mol. The summed E-state index contributed by atoms with van der Waals surface area (Å²) in [6.07, 6.45) is 6.23. The van der Waals surface area contributed by atoms with Crippen LogP contribution in [0.4, 0.5) is 0 Å². The molecule has 1 N–H and O–H groups in total. The van der Waals surface area contributed by atoms with E-state index >= 15 is 0 Å². The van der Waals surface area contributed by atoms with Crippen LogP contribution in [0, 0.1) is 11.8 Å². The molecule has 0 spiro atoms. The van der Waals surface area contributed by atoms with Crippen LogP contribution in [0.2, 0.25) is 0 Å². The molecule has 4 nitrogen and oxygen atoms in total. The average Bonchev–Trinajstić information content (AvgIpc) is 2.64. The van der Waals surface area contributed by atoms with E-state index in [9.17, 15) is 5.11 Å². The van der Waals surface area contributed by atoms with Gasteiger partial charge in [0.15, 0.2) is 0 Å². The third kappa shape index (κ3) is 2.86. The van der Waals surface area contributed by atoms with Crippen LogP contribution in [0.25, 0.3) is 0 Å². The first-order chi connectivity index (χ1) is 8.00. The molecule has 1 saturated carbocycles. The zero-order chi connectivity index (χ0) is 12.5. The van der Waals surface area contributed by atoms with E-state index in [4.69, 9.17) is 0 Å². The van der Waals surface area contributed by atoms with Crippen LogP contribution in [-0.4, -0.2) is 25.5 Å². The molecule has 17 heavy (non-hydrogen) atoms. The van der Waals surface area contributed by atoms with Gasteiger partial charge in [-0.1, -0.05) is 13.8 Å². The highest BCUT2D eigenvalue weighted by molar-refractivity contribution is 4.96. The second kappa shape index (κ2) is 4.77. The molecule has 96 valence electrons. The fraction of sp³-hybridized carbons (Fsp3) is 0.846. The van der Waals surface area contributed by atoms with Gasteiger partial charge >= 0.3 is 0 Å².